The van der Waals surface area contributed by atoms with Crippen LogP contribution >= 0.6 is 11.3 Å². The lowest BCUT2D eigenvalue weighted by Gasteiger charge is -2.17. The van der Waals surface area contributed by atoms with Crippen LogP contribution in [-0.2, 0) is 0 Å². The Hall–Kier alpha value is -1.16. The summed E-state index contributed by atoms with van der Waals surface area (Å²) in [5.74, 6) is 0.0993. The number of hydrogen-bond acceptors (Lipinski definition) is 3. The van der Waals surface area contributed by atoms with E-state index in [1.807, 2.05) is 13.8 Å². The highest BCUT2D eigenvalue weighted by Crippen LogP contribution is 2.37. The molecule has 2 N–H and O–H groups in total. The van der Waals surface area contributed by atoms with E-state index in [2.05, 4.69) is 10.4 Å². The first kappa shape index (κ1) is 10.4. The zero-order valence-electron chi connectivity index (χ0n) is 8.75. The molecule has 0 saturated carbocycles. The lowest BCUT2D eigenvalue weighted by molar-refractivity contribution is 0.545. The van der Waals surface area contributed by atoms with Gasteiger partial charge in [-0.25, -0.2) is 9.38 Å². The van der Waals surface area contributed by atoms with E-state index in [1.54, 1.807) is 11.3 Å². The first-order valence-corrected chi connectivity index (χ1v) is 5.70. The van der Waals surface area contributed by atoms with Gasteiger partial charge < -0.3 is 5.73 Å². The van der Waals surface area contributed by atoms with Gasteiger partial charge in [0.05, 0.1) is 12.1 Å². The van der Waals surface area contributed by atoms with Crippen LogP contribution in [0.2, 0.25) is 0 Å². The Morgan fingerprint density at radius 2 is 2.27 bits per heavy atom. The molecule has 80 valence electrons. The van der Waals surface area contributed by atoms with E-state index in [0.29, 0.717) is 12.3 Å². The van der Waals surface area contributed by atoms with Crippen molar-refractivity contribution in [2.45, 2.75) is 26.2 Å². The number of hydrogen-bond donors (Lipinski definition) is 1. The van der Waals surface area contributed by atoms with Gasteiger partial charge in [-0.05, 0) is 30.4 Å². The zero-order chi connectivity index (χ0) is 11.0. The van der Waals surface area contributed by atoms with E-state index in [-0.39, 0.29) is 11.7 Å². The molecule has 0 aliphatic carbocycles. The van der Waals surface area contributed by atoms with Crippen LogP contribution in [0.25, 0.3) is 0 Å². The van der Waals surface area contributed by atoms with Gasteiger partial charge in [-0.2, -0.15) is 0 Å². The first-order chi connectivity index (χ1) is 7.09. The molecule has 0 radical (unpaired) electrons. The minimum Gasteiger partial charge on any atom is -0.387 e. The molecule has 1 aliphatic heterocycles. The topological polar surface area (TPSA) is 38.4 Å². The smallest absolute Gasteiger partial charge is 0.127 e. The highest BCUT2D eigenvalue weighted by molar-refractivity contribution is 7.10. The quantitative estimate of drug-likeness (QED) is 0.782. The summed E-state index contributed by atoms with van der Waals surface area (Å²) in [5, 5.41) is 2.06. The maximum atomic E-state index is 13.6. The fourth-order valence-electron chi connectivity index (χ4n) is 1.68. The summed E-state index contributed by atoms with van der Waals surface area (Å²) in [6, 6.07) is 0. The Morgan fingerprint density at radius 3 is 2.87 bits per heavy atom. The Kier molecular flexibility index (Phi) is 2.61. The van der Waals surface area contributed by atoms with Crippen molar-refractivity contribution < 1.29 is 4.39 Å². The fraction of sp³-hybridized carbons (Fsp3) is 0.364. The van der Waals surface area contributed by atoms with Crippen LogP contribution in [0.15, 0.2) is 22.4 Å². The fourth-order valence-corrected chi connectivity index (χ4v) is 2.86. The molecule has 0 bridgehead atoms. The summed E-state index contributed by atoms with van der Waals surface area (Å²) in [6.45, 7) is 4.06. The van der Waals surface area contributed by atoms with Gasteiger partial charge in [0.1, 0.15) is 11.7 Å². The SMILES string of the molecule is Cc1csc(C2CC(N)=NC=C2F)c1C. The second-order valence-electron chi connectivity index (χ2n) is 3.80. The molecule has 2 nitrogen and oxygen atoms in total. The summed E-state index contributed by atoms with van der Waals surface area (Å²) < 4.78 is 13.6. The lowest BCUT2D eigenvalue weighted by Crippen LogP contribution is -2.19. The second-order valence-corrected chi connectivity index (χ2v) is 4.71. The zero-order valence-corrected chi connectivity index (χ0v) is 9.57. The number of thiophene rings is 1. The molecule has 1 aromatic rings. The number of nitrogens with two attached hydrogens (primary N) is 1. The first-order valence-electron chi connectivity index (χ1n) is 4.82. The summed E-state index contributed by atoms with van der Waals surface area (Å²) in [5.41, 5.74) is 8.01. The third-order valence-electron chi connectivity index (χ3n) is 2.74. The Bertz CT molecular complexity index is 445. The monoisotopic (exact) mass is 224 g/mol. The Balaban J connectivity index is 2.37. The summed E-state index contributed by atoms with van der Waals surface area (Å²) >= 11 is 1.60. The van der Waals surface area contributed by atoms with Crippen molar-refractivity contribution in [3.05, 3.63) is 33.4 Å². The molecule has 15 heavy (non-hydrogen) atoms. The molecular weight excluding hydrogens is 211 g/mol. The number of allylic oxidation sites excluding steroid dienone is 1. The van der Waals surface area contributed by atoms with Gasteiger partial charge in [0.15, 0.2) is 0 Å². The van der Waals surface area contributed by atoms with E-state index < -0.39 is 0 Å². The third kappa shape index (κ3) is 1.81. The van der Waals surface area contributed by atoms with Crippen molar-refractivity contribution in [1.82, 2.24) is 0 Å². The maximum Gasteiger partial charge on any atom is 0.127 e. The van der Waals surface area contributed by atoms with Gasteiger partial charge in [-0.15, -0.1) is 11.3 Å². The van der Waals surface area contributed by atoms with Crippen molar-refractivity contribution >= 4 is 17.2 Å². The minimum atomic E-state index is -0.221. The van der Waals surface area contributed by atoms with Crippen LogP contribution < -0.4 is 5.73 Å². The van der Waals surface area contributed by atoms with Gasteiger partial charge in [-0.3, -0.25) is 0 Å². The van der Waals surface area contributed by atoms with Gasteiger partial charge in [0, 0.05) is 11.3 Å². The molecule has 0 saturated heterocycles. The molecule has 2 rings (SSSR count). The molecule has 2 heterocycles. The second kappa shape index (κ2) is 3.77. The van der Waals surface area contributed by atoms with Crippen molar-refractivity contribution in [3.63, 3.8) is 0 Å². The number of aliphatic imine (C=N–C) groups is 1. The number of amidine groups is 1. The summed E-state index contributed by atoms with van der Waals surface area (Å²) in [6.07, 6.45) is 1.72. The summed E-state index contributed by atoms with van der Waals surface area (Å²) in [7, 11) is 0. The highest BCUT2D eigenvalue weighted by atomic mass is 32.1. The molecular formula is C11H13FN2S. The molecule has 0 fully saturated rings. The van der Waals surface area contributed by atoms with Crippen LogP contribution in [0.4, 0.5) is 4.39 Å². The number of rotatable bonds is 1. The van der Waals surface area contributed by atoms with E-state index in [9.17, 15) is 4.39 Å². The number of nitrogens with zero attached hydrogens (tertiary/aromatic N) is 1. The van der Waals surface area contributed by atoms with E-state index >= 15 is 0 Å². The van der Waals surface area contributed by atoms with Crippen molar-refractivity contribution in [1.29, 1.82) is 0 Å². The maximum absolute atomic E-state index is 13.6. The van der Waals surface area contributed by atoms with E-state index in [1.165, 1.54) is 17.3 Å². The highest BCUT2D eigenvalue weighted by Gasteiger charge is 2.24. The van der Waals surface area contributed by atoms with Gasteiger partial charge in [0.25, 0.3) is 0 Å². The van der Waals surface area contributed by atoms with Crippen molar-refractivity contribution in [3.8, 4) is 0 Å². The Morgan fingerprint density at radius 1 is 1.53 bits per heavy atom. The van der Waals surface area contributed by atoms with Gasteiger partial charge >= 0.3 is 0 Å². The average Bonchev–Trinajstić information content (AvgIpc) is 2.52. The van der Waals surface area contributed by atoms with Gasteiger partial charge in [-0.1, -0.05) is 0 Å². The Labute approximate surface area is 92.3 Å². The van der Waals surface area contributed by atoms with Crippen molar-refractivity contribution in [2.75, 3.05) is 0 Å². The standard InChI is InChI=1S/C11H13FN2S/c1-6-5-15-11(7(6)2)8-3-10(13)14-4-9(8)12/h4-5,8H,3H2,1-2H3,(H2,13,14). The normalized spacial score (nSPS) is 21.1. The van der Waals surface area contributed by atoms with Crippen LogP contribution in [0.1, 0.15) is 28.3 Å². The van der Waals surface area contributed by atoms with Gasteiger partial charge in [0.2, 0.25) is 0 Å². The minimum absolute atomic E-state index is 0.186. The van der Waals surface area contributed by atoms with Crippen molar-refractivity contribution in [2.24, 2.45) is 10.7 Å². The van der Waals surface area contributed by atoms with Crippen LogP contribution in [0, 0.1) is 13.8 Å². The van der Waals surface area contributed by atoms with Crippen LogP contribution in [0.3, 0.4) is 0 Å². The molecule has 1 aromatic heterocycles. The van der Waals surface area contributed by atoms with Crippen LogP contribution in [0.5, 0.6) is 0 Å². The molecule has 0 spiro atoms. The average molecular weight is 224 g/mol. The predicted octanol–water partition coefficient (Wildman–Crippen LogP) is 3.02. The molecule has 0 amide bonds. The largest absolute Gasteiger partial charge is 0.387 e. The van der Waals surface area contributed by atoms with E-state index in [0.717, 1.165) is 4.88 Å². The lowest BCUT2D eigenvalue weighted by atomic mass is 9.96. The number of aryl methyl sites for hydroxylation is 1. The third-order valence-corrected chi connectivity index (χ3v) is 4.06. The molecule has 1 unspecified atom stereocenters. The molecule has 1 atom stereocenters. The molecule has 0 aromatic carbocycles. The summed E-state index contributed by atoms with van der Waals surface area (Å²) in [4.78, 5) is 4.85. The molecule has 4 heteroatoms. The predicted molar refractivity (Wildman–Crippen MR) is 62.0 cm³/mol. The molecule has 1 aliphatic rings. The number of halogens is 1. The van der Waals surface area contributed by atoms with Crippen LogP contribution in [-0.4, -0.2) is 5.84 Å². The van der Waals surface area contributed by atoms with E-state index in [4.69, 9.17) is 5.73 Å².